The van der Waals surface area contributed by atoms with E-state index < -0.39 is 0 Å². The van der Waals surface area contributed by atoms with E-state index in [1.807, 2.05) is 19.2 Å². The van der Waals surface area contributed by atoms with E-state index in [9.17, 15) is 0 Å². The lowest BCUT2D eigenvalue weighted by molar-refractivity contribution is 0.0729. The number of rotatable bonds is 10. The van der Waals surface area contributed by atoms with Crippen molar-refractivity contribution in [2.45, 2.75) is 6.54 Å². The van der Waals surface area contributed by atoms with Gasteiger partial charge in [-0.1, -0.05) is 0 Å². The van der Waals surface area contributed by atoms with Crippen LogP contribution in [0.15, 0.2) is 23.2 Å². The summed E-state index contributed by atoms with van der Waals surface area (Å²) in [6, 6.07) is 5.94. The maximum atomic E-state index is 5.50. The lowest BCUT2D eigenvalue weighted by atomic mass is 10.1. The minimum atomic E-state index is 0. The third-order valence-electron chi connectivity index (χ3n) is 4.73. The molecule has 1 aromatic carbocycles. The molecule has 0 amide bonds. The van der Waals surface area contributed by atoms with Crippen LogP contribution >= 0.6 is 24.0 Å². The molecular weight excluding hydrogens is 487 g/mol. The number of hydrogen-bond donors (Lipinski definition) is 1. The first kappa shape index (κ1) is 25.7. The fourth-order valence-corrected chi connectivity index (χ4v) is 3.18. The van der Waals surface area contributed by atoms with Crippen LogP contribution in [0.25, 0.3) is 0 Å². The Morgan fingerprint density at radius 2 is 1.79 bits per heavy atom. The van der Waals surface area contributed by atoms with Crippen molar-refractivity contribution in [1.29, 1.82) is 0 Å². The van der Waals surface area contributed by atoms with Crippen LogP contribution in [0.5, 0.6) is 11.5 Å². The average molecular weight is 522 g/mol. The van der Waals surface area contributed by atoms with Crippen LogP contribution < -0.4 is 14.8 Å². The van der Waals surface area contributed by atoms with Crippen molar-refractivity contribution >= 4 is 29.9 Å². The first-order valence-electron chi connectivity index (χ1n) is 9.67. The van der Waals surface area contributed by atoms with Crippen molar-refractivity contribution in [1.82, 2.24) is 15.1 Å². The van der Waals surface area contributed by atoms with Crippen LogP contribution in [0.3, 0.4) is 0 Å². The molecule has 0 radical (unpaired) electrons. The molecule has 0 spiro atoms. The van der Waals surface area contributed by atoms with Gasteiger partial charge < -0.3 is 29.2 Å². The number of nitrogens with zero attached hydrogens (tertiary/aromatic N) is 3. The van der Waals surface area contributed by atoms with Crippen LogP contribution in [0.1, 0.15) is 5.56 Å². The maximum absolute atomic E-state index is 5.50. The van der Waals surface area contributed by atoms with E-state index in [2.05, 4.69) is 26.2 Å². The third kappa shape index (κ3) is 8.53. The van der Waals surface area contributed by atoms with Crippen molar-refractivity contribution < 1.29 is 18.9 Å². The van der Waals surface area contributed by atoms with Crippen LogP contribution in [0.4, 0.5) is 0 Å². The first-order valence-corrected chi connectivity index (χ1v) is 9.67. The zero-order chi connectivity index (χ0) is 20.2. The van der Waals surface area contributed by atoms with Gasteiger partial charge >= 0.3 is 0 Å². The second-order valence-corrected chi connectivity index (χ2v) is 6.52. The van der Waals surface area contributed by atoms with Gasteiger partial charge in [0.2, 0.25) is 0 Å². The highest BCUT2D eigenvalue weighted by Gasteiger charge is 2.20. The van der Waals surface area contributed by atoms with E-state index in [0.29, 0.717) is 19.8 Å². The topological polar surface area (TPSA) is 67.8 Å². The summed E-state index contributed by atoms with van der Waals surface area (Å²) in [6.07, 6.45) is 0. The normalized spacial score (nSPS) is 15.0. The number of hydrogen-bond acceptors (Lipinski definition) is 6. The Bertz CT molecular complexity index is 610. The molecule has 1 aliphatic heterocycles. The second-order valence-electron chi connectivity index (χ2n) is 6.52. The highest BCUT2D eigenvalue weighted by Crippen LogP contribution is 2.25. The molecule has 1 fully saturated rings. The smallest absolute Gasteiger partial charge is 0.193 e. The maximum Gasteiger partial charge on any atom is 0.193 e. The summed E-state index contributed by atoms with van der Waals surface area (Å²) in [4.78, 5) is 9.11. The molecule has 0 bridgehead atoms. The van der Waals surface area contributed by atoms with E-state index in [4.69, 9.17) is 18.9 Å². The van der Waals surface area contributed by atoms with Crippen molar-refractivity contribution in [3.63, 3.8) is 0 Å². The zero-order valence-electron chi connectivity index (χ0n) is 18.0. The SMILES string of the molecule is CN=C(NCCOCCOC)N1CCN(Cc2cc(OC)ccc2OC)CC1.I. The average Bonchev–Trinajstić information content (AvgIpc) is 2.74. The van der Waals surface area contributed by atoms with Gasteiger partial charge in [0.05, 0.1) is 34.0 Å². The highest BCUT2D eigenvalue weighted by atomic mass is 127. The van der Waals surface area contributed by atoms with E-state index in [0.717, 1.165) is 62.3 Å². The molecule has 0 aromatic heterocycles. The Morgan fingerprint density at radius 1 is 1.03 bits per heavy atom. The van der Waals surface area contributed by atoms with Crippen LogP contribution in [-0.4, -0.2) is 96.7 Å². The van der Waals surface area contributed by atoms with Crippen LogP contribution in [0.2, 0.25) is 0 Å². The molecule has 166 valence electrons. The molecule has 8 nitrogen and oxygen atoms in total. The molecule has 0 unspecified atom stereocenters. The van der Waals surface area contributed by atoms with Gasteiger partial charge in [-0.25, -0.2) is 0 Å². The number of piperazine rings is 1. The lowest BCUT2D eigenvalue weighted by Gasteiger charge is -2.36. The number of aliphatic imine (C=N–C) groups is 1. The van der Waals surface area contributed by atoms with Gasteiger partial charge in [0.15, 0.2) is 5.96 Å². The van der Waals surface area contributed by atoms with Gasteiger partial charge in [-0.15, -0.1) is 24.0 Å². The monoisotopic (exact) mass is 522 g/mol. The van der Waals surface area contributed by atoms with E-state index in [1.54, 1.807) is 21.3 Å². The van der Waals surface area contributed by atoms with Gasteiger partial charge in [0.1, 0.15) is 11.5 Å². The summed E-state index contributed by atoms with van der Waals surface area (Å²) < 4.78 is 21.3. The number of methoxy groups -OCH3 is 3. The molecule has 9 heteroatoms. The summed E-state index contributed by atoms with van der Waals surface area (Å²) in [6.45, 7) is 7.23. The van der Waals surface area contributed by atoms with Crippen LogP contribution in [-0.2, 0) is 16.0 Å². The molecule has 1 aromatic rings. The molecule has 0 saturated carbocycles. The number of ether oxygens (including phenoxy) is 4. The highest BCUT2D eigenvalue weighted by molar-refractivity contribution is 14.0. The summed E-state index contributed by atoms with van der Waals surface area (Å²) in [5.41, 5.74) is 1.14. The van der Waals surface area contributed by atoms with E-state index >= 15 is 0 Å². The van der Waals surface area contributed by atoms with Gasteiger partial charge in [-0.3, -0.25) is 9.89 Å². The Balaban J connectivity index is 0.00000420. The van der Waals surface area contributed by atoms with Crippen LogP contribution in [0, 0.1) is 0 Å². The number of guanidine groups is 1. The fraction of sp³-hybridized carbons (Fsp3) is 0.650. The minimum absolute atomic E-state index is 0. The summed E-state index contributed by atoms with van der Waals surface area (Å²) in [5, 5.41) is 3.37. The molecule has 0 atom stereocenters. The number of halogens is 1. The molecule has 1 heterocycles. The van der Waals surface area contributed by atoms with E-state index in [1.165, 1.54) is 0 Å². The molecule has 29 heavy (non-hydrogen) atoms. The Kier molecular flexibility index (Phi) is 13.0. The largest absolute Gasteiger partial charge is 0.497 e. The van der Waals surface area contributed by atoms with Gasteiger partial charge in [-0.05, 0) is 18.2 Å². The van der Waals surface area contributed by atoms with Gasteiger partial charge in [-0.2, -0.15) is 0 Å². The lowest BCUT2D eigenvalue weighted by Crippen LogP contribution is -2.52. The molecule has 1 N–H and O–H groups in total. The summed E-state index contributed by atoms with van der Waals surface area (Å²) in [5.74, 6) is 2.68. The zero-order valence-corrected chi connectivity index (χ0v) is 20.3. The molecule has 1 saturated heterocycles. The van der Waals surface area contributed by atoms with Crippen molar-refractivity contribution in [2.24, 2.45) is 4.99 Å². The quantitative estimate of drug-likeness (QED) is 0.217. The predicted molar refractivity (Wildman–Crippen MR) is 126 cm³/mol. The molecule has 2 rings (SSSR count). The Hall–Kier alpha value is -1.30. The predicted octanol–water partition coefficient (Wildman–Crippen LogP) is 1.68. The van der Waals surface area contributed by atoms with Gasteiger partial charge in [0.25, 0.3) is 0 Å². The Morgan fingerprint density at radius 3 is 2.41 bits per heavy atom. The fourth-order valence-electron chi connectivity index (χ4n) is 3.18. The van der Waals surface area contributed by atoms with Crippen molar-refractivity contribution in [2.75, 3.05) is 80.9 Å². The molecule has 0 aliphatic carbocycles. The van der Waals surface area contributed by atoms with Gasteiger partial charge in [0, 0.05) is 59.0 Å². The second kappa shape index (κ2) is 14.6. The summed E-state index contributed by atoms with van der Waals surface area (Å²) >= 11 is 0. The standard InChI is InChI=1S/C20H34N4O4.HI/c1-21-20(22-7-12-28-14-13-25-2)24-10-8-23(9-11-24)16-17-15-18(26-3)5-6-19(17)27-4;/h5-6,15H,7-14,16H2,1-4H3,(H,21,22);1H. The Labute approximate surface area is 191 Å². The summed E-state index contributed by atoms with van der Waals surface area (Å²) in [7, 11) is 6.89. The number of nitrogens with one attached hydrogen (secondary N) is 1. The molecule has 1 aliphatic rings. The minimum Gasteiger partial charge on any atom is -0.497 e. The van der Waals surface area contributed by atoms with Crippen molar-refractivity contribution in [3.05, 3.63) is 23.8 Å². The van der Waals surface area contributed by atoms with E-state index in [-0.39, 0.29) is 24.0 Å². The van der Waals surface area contributed by atoms with Crippen molar-refractivity contribution in [3.8, 4) is 11.5 Å². The number of benzene rings is 1. The molecular formula is C20H35IN4O4. The third-order valence-corrected chi connectivity index (χ3v) is 4.73. The first-order chi connectivity index (χ1) is 13.7.